The highest BCUT2D eigenvalue weighted by Gasteiger charge is 1.95. The molecule has 0 bridgehead atoms. The lowest BCUT2D eigenvalue weighted by atomic mass is 10.2. The summed E-state index contributed by atoms with van der Waals surface area (Å²) in [5, 5.41) is 0. The summed E-state index contributed by atoms with van der Waals surface area (Å²) < 4.78 is 0. The zero-order chi connectivity index (χ0) is 7.56. The Kier molecular flexibility index (Phi) is 1.71. The van der Waals surface area contributed by atoms with Crippen molar-refractivity contribution in [2.24, 2.45) is 0 Å². The number of carbonyl (C=O) groups excluding carboxylic acids is 1. The SMILES string of the molecule is C[13C](=O)c1ccc(N)cc1. The number of hydrogen-bond donors (Lipinski definition) is 1. The number of hydrogen-bond acceptors (Lipinski definition) is 2. The molecule has 2 N–H and O–H groups in total. The van der Waals surface area contributed by atoms with Gasteiger partial charge in [-0.05, 0) is 31.2 Å². The van der Waals surface area contributed by atoms with Gasteiger partial charge in [-0.2, -0.15) is 0 Å². The minimum atomic E-state index is 0.0694. The van der Waals surface area contributed by atoms with Crippen molar-refractivity contribution in [3.05, 3.63) is 29.8 Å². The fraction of sp³-hybridized carbons (Fsp3) is 0.125. The van der Waals surface area contributed by atoms with Crippen molar-refractivity contribution in [1.29, 1.82) is 0 Å². The highest BCUT2D eigenvalue weighted by molar-refractivity contribution is 5.94. The van der Waals surface area contributed by atoms with Gasteiger partial charge in [0.1, 0.15) is 0 Å². The van der Waals surface area contributed by atoms with Gasteiger partial charge in [0.2, 0.25) is 0 Å². The minimum Gasteiger partial charge on any atom is -0.399 e. The quantitative estimate of drug-likeness (QED) is 0.361. The molecule has 0 amide bonds. The van der Waals surface area contributed by atoms with Crippen LogP contribution < -0.4 is 5.73 Å². The summed E-state index contributed by atoms with van der Waals surface area (Å²) in [6.45, 7) is 1.53. The van der Waals surface area contributed by atoms with Gasteiger partial charge in [0, 0.05) is 11.3 Å². The van der Waals surface area contributed by atoms with Gasteiger partial charge in [-0.1, -0.05) is 0 Å². The monoisotopic (exact) mass is 136 g/mol. The maximum Gasteiger partial charge on any atom is 0.159 e. The van der Waals surface area contributed by atoms with Gasteiger partial charge in [-0.15, -0.1) is 0 Å². The second kappa shape index (κ2) is 2.52. The molecule has 0 aliphatic carbocycles. The number of benzene rings is 1. The van der Waals surface area contributed by atoms with Crippen molar-refractivity contribution < 1.29 is 4.79 Å². The molecule has 1 rings (SSSR count). The van der Waals surface area contributed by atoms with E-state index in [1.54, 1.807) is 24.3 Å². The van der Waals surface area contributed by atoms with E-state index in [0.717, 1.165) is 0 Å². The third-order valence-electron chi connectivity index (χ3n) is 1.32. The number of nitrogen functional groups attached to an aromatic ring is 1. The number of carbonyl (C=O) groups is 1. The predicted octanol–water partition coefficient (Wildman–Crippen LogP) is 1.47. The topological polar surface area (TPSA) is 43.1 Å². The Morgan fingerprint density at radius 1 is 1.30 bits per heavy atom. The lowest BCUT2D eigenvalue weighted by Gasteiger charge is -1.94. The van der Waals surface area contributed by atoms with Gasteiger partial charge in [0.15, 0.2) is 5.78 Å². The largest absolute Gasteiger partial charge is 0.399 e. The molecule has 52 valence electrons. The smallest absolute Gasteiger partial charge is 0.159 e. The molecule has 2 nitrogen and oxygen atoms in total. The van der Waals surface area contributed by atoms with Gasteiger partial charge in [0.05, 0.1) is 0 Å². The summed E-state index contributed by atoms with van der Waals surface area (Å²) in [7, 11) is 0. The minimum absolute atomic E-state index is 0.0694. The number of anilines is 1. The van der Waals surface area contributed by atoms with Crippen molar-refractivity contribution >= 4 is 11.5 Å². The van der Waals surface area contributed by atoms with E-state index in [2.05, 4.69) is 0 Å². The fourth-order valence-electron chi connectivity index (χ4n) is 0.718. The van der Waals surface area contributed by atoms with E-state index in [4.69, 9.17) is 5.73 Å². The van der Waals surface area contributed by atoms with Crippen molar-refractivity contribution in [3.8, 4) is 0 Å². The summed E-state index contributed by atoms with van der Waals surface area (Å²) in [4.78, 5) is 10.7. The Balaban J connectivity index is 3.00. The predicted molar refractivity (Wildman–Crippen MR) is 40.9 cm³/mol. The van der Waals surface area contributed by atoms with Crippen molar-refractivity contribution in [2.45, 2.75) is 6.92 Å². The van der Waals surface area contributed by atoms with Crippen molar-refractivity contribution in [2.75, 3.05) is 5.73 Å². The van der Waals surface area contributed by atoms with E-state index in [-0.39, 0.29) is 5.78 Å². The first-order valence-electron chi connectivity index (χ1n) is 3.06. The first-order valence-corrected chi connectivity index (χ1v) is 3.06. The van der Waals surface area contributed by atoms with Crippen LogP contribution in [0.15, 0.2) is 24.3 Å². The van der Waals surface area contributed by atoms with Gasteiger partial charge in [-0.3, -0.25) is 4.79 Å². The average Bonchev–Trinajstić information content (AvgIpc) is 1.88. The molecule has 2 heteroatoms. The molecule has 0 radical (unpaired) electrons. The molecule has 0 atom stereocenters. The molecule has 0 saturated carbocycles. The summed E-state index contributed by atoms with van der Waals surface area (Å²) in [6.07, 6.45) is 0. The first-order chi connectivity index (χ1) is 4.70. The Bertz CT molecular complexity index is 238. The molecule has 0 aliphatic rings. The average molecular weight is 136 g/mol. The molecule has 0 heterocycles. The highest BCUT2D eigenvalue weighted by atomic mass is 16.2. The third-order valence-corrected chi connectivity index (χ3v) is 1.32. The van der Waals surface area contributed by atoms with Gasteiger partial charge >= 0.3 is 0 Å². The summed E-state index contributed by atoms with van der Waals surface area (Å²) in [6, 6.07) is 6.88. The molecule has 1 aromatic rings. The van der Waals surface area contributed by atoms with Crippen LogP contribution in [-0.4, -0.2) is 5.78 Å². The lowest BCUT2D eigenvalue weighted by molar-refractivity contribution is 0.101. The van der Waals surface area contributed by atoms with Crippen LogP contribution in [0.1, 0.15) is 17.3 Å². The number of ketones is 1. The summed E-state index contributed by atoms with van der Waals surface area (Å²) in [5.74, 6) is 0.0694. The Labute approximate surface area is 59.7 Å². The van der Waals surface area contributed by atoms with Crippen LogP contribution in [0, 0.1) is 0 Å². The zero-order valence-electron chi connectivity index (χ0n) is 5.79. The second-order valence-corrected chi connectivity index (χ2v) is 2.18. The van der Waals surface area contributed by atoms with E-state index in [9.17, 15) is 4.79 Å². The van der Waals surface area contributed by atoms with Crippen LogP contribution in [0.2, 0.25) is 0 Å². The molecule has 10 heavy (non-hydrogen) atoms. The molecule has 0 unspecified atom stereocenters. The summed E-state index contributed by atoms with van der Waals surface area (Å²) >= 11 is 0. The Hall–Kier alpha value is -1.31. The van der Waals surface area contributed by atoms with Crippen LogP contribution in [0.25, 0.3) is 0 Å². The lowest BCUT2D eigenvalue weighted by Crippen LogP contribution is -1.91. The molecule has 0 aromatic heterocycles. The molecular formula is C8H9NO. The van der Waals surface area contributed by atoms with E-state index in [1.165, 1.54) is 6.92 Å². The van der Waals surface area contributed by atoms with Gasteiger partial charge in [-0.25, -0.2) is 0 Å². The van der Waals surface area contributed by atoms with E-state index in [1.807, 2.05) is 0 Å². The first kappa shape index (κ1) is 6.81. The molecule has 0 fully saturated rings. The molecule has 0 spiro atoms. The standard InChI is InChI=1S/C8H9NO/c1-6(10)7-2-4-8(9)5-3-7/h2-5H,9H2,1H3/i6+1. The maximum atomic E-state index is 10.7. The molecule has 0 aliphatic heterocycles. The van der Waals surface area contributed by atoms with Gasteiger partial charge < -0.3 is 5.73 Å². The Morgan fingerprint density at radius 3 is 2.20 bits per heavy atom. The van der Waals surface area contributed by atoms with Crippen LogP contribution >= 0.6 is 0 Å². The third kappa shape index (κ3) is 1.35. The summed E-state index contributed by atoms with van der Waals surface area (Å²) in [5.41, 5.74) is 6.80. The van der Waals surface area contributed by atoms with Crippen molar-refractivity contribution in [1.82, 2.24) is 0 Å². The van der Waals surface area contributed by atoms with Gasteiger partial charge in [0.25, 0.3) is 0 Å². The number of rotatable bonds is 1. The maximum absolute atomic E-state index is 10.7. The van der Waals surface area contributed by atoms with E-state index >= 15 is 0 Å². The second-order valence-electron chi connectivity index (χ2n) is 2.18. The Morgan fingerprint density at radius 2 is 1.80 bits per heavy atom. The van der Waals surface area contributed by atoms with Crippen molar-refractivity contribution in [3.63, 3.8) is 0 Å². The normalized spacial score (nSPS) is 9.30. The number of Topliss-reactive ketones (excluding diaryl/α,β-unsaturated/α-hetero) is 1. The fourth-order valence-corrected chi connectivity index (χ4v) is 0.718. The zero-order valence-corrected chi connectivity index (χ0v) is 5.79. The van der Waals surface area contributed by atoms with Crippen LogP contribution in [0.4, 0.5) is 5.69 Å². The van der Waals surface area contributed by atoms with Crippen LogP contribution in [0.5, 0.6) is 0 Å². The van der Waals surface area contributed by atoms with Crippen LogP contribution in [-0.2, 0) is 0 Å². The van der Waals surface area contributed by atoms with E-state index in [0.29, 0.717) is 11.3 Å². The highest BCUT2D eigenvalue weighted by Crippen LogP contribution is 2.05. The van der Waals surface area contributed by atoms with Crippen LogP contribution in [0.3, 0.4) is 0 Å². The van der Waals surface area contributed by atoms with E-state index < -0.39 is 0 Å². The molecular weight excluding hydrogens is 127 g/mol. The molecule has 1 aromatic carbocycles. The number of nitrogens with two attached hydrogens (primary N) is 1. The molecule has 0 saturated heterocycles.